The smallest absolute Gasteiger partial charge is 0.125 e. The summed E-state index contributed by atoms with van der Waals surface area (Å²) in [6, 6.07) is 14.0. The van der Waals surface area contributed by atoms with Crippen LogP contribution in [-0.2, 0) is 12.4 Å². The van der Waals surface area contributed by atoms with Crippen LogP contribution in [0.1, 0.15) is 17.0 Å². The third kappa shape index (κ3) is 2.30. The fourth-order valence-electron chi connectivity index (χ4n) is 2.41. The van der Waals surface area contributed by atoms with Crippen LogP contribution in [0.5, 0.6) is 0 Å². The van der Waals surface area contributed by atoms with E-state index >= 15 is 0 Å². The molecule has 4 heteroatoms. The summed E-state index contributed by atoms with van der Waals surface area (Å²) >= 11 is 12.3. The zero-order valence-corrected chi connectivity index (χ0v) is 12.6. The molecule has 1 heterocycles. The quantitative estimate of drug-likeness (QED) is 0.636. The van der Waals surface area contributed by atoms with E-state index in [9.17, 15) is 0 Å². The number of imidazole rings is 1. The number of aryl methyl sites for hydroxylation is 1. The number of rotatable bonds is 3. The Bertz CT molecular complexity index is 762. The predicted molar refractivity (Wildman–Crippen MR) is 84.6 cm³/mol. The minimum absolute atomic E-state index is 0.387. The molecule has 0 spiro atoms. The van der Waals surface area contributed by atoms with Gasteiger partial charge in [0, 0.05) is 5.02 Å². The van der Waals surface area contributed by atoms with Crippen molar-refractivity contribution in [1.82, 2.24) is 9.55 Å². The number of para-hydroxylation sites is 1. The van der Waals surface area contributed by atoms with E-state index in [0.717, 1.165) is 33.0 Å². The lowest BCUT2D eigenvalue weighted by Gasteiger charge is -2.09. The van der Waals surface area contributed by atoms with Crippen LogP contribution in [0.3, 0.4) is 0 Å². The van der Waals surface area contributed by atoms with Crippen molar-refractivity contribution in [2.45, 2.75) is 19.3 Å². The molecule has 0 aliphatic heterocycles. The molecule has 0 bridgehead atoms. The molecule has 3 rings (SSSR count). The van der Waals surface area contributed by atoms with E-state index in [1.165, 1.54) is 0 Å². The van der Waals surface area contributed by atoms with Crippen molar-refractivity contribution in [3.05, 3.63) is 64.4 Å². The standard InChI is InChI=1S/C16H14Cl2N2/c1-11-5-4-8-14-16(11)19-15(9-17)20(14)10-12-6-2-3-7-13(12)18/h2-8H,9-10H2,1H3. The first kappa shape index (κ1) is 13.5. The lowest BCUT2D eigenvalue weighted by molar-refractivity contribution is 0.779. The molecule has 0 amide bonds. The molecule has 0 atom stereocenters. The zero-order chi connectivity index (χ0) is 14.1. The molecule has 0 aliphatic carbocycles. The summed E-state index contributed by atoms with van der Waals surface area (Å²) in [6.45, 7) is 2.74. The SMILES string of the molecule is Cc1cccc2c1nc(CCl)n2Cc1ccccc1Cl. The largest absolute Gasteiger partial charge is 0.322 e. The second-order valence-corrected chi connectivity index (χ2v) is 5.46. The van der Waals surface area contributed by atoms with Crippen molar-refractivity contribution < 1.29 is 0 Å². The first-order valence-corrected chi connectivity index (χ1v) is 7.36. The Morgan fingerprint density at radius 2 is 1.90 bits per heavy atom. The number of nitrogens with zero attached hydrogens (tertiary/aromatic N) is 2. The minimum atomic E-state index is 0.387. The van der Waals surface area contributed by atoms with Crippen LogP contribution in [0.4, 0.5) is 0 Å². The lowest BCUT2D eigenvalue weighted by atomic mass is 10.2. The maximum absolute atomic E-state index is 6.25. The predicted octanol–water partition coefficient (Wildman–Crippen LogP) is 4.79. The van der Waals surface area contributed by atoms with Gasteiger partial charge in [-0.05, 0) is 30.2 Å². The second-order valence-electron chi connectivity index (χ2n) is 4.78. The molecule has 0 N–H and O–H groups in total. The average Bonchev–Trinajstić information content (AvgIpc) is 2.81. The molecule has 2 aromatic carbocycles. The minimum Gasteiger partial charge on any atom is -0.322 e. The van der Waals surface area contributed by atoms with Gasteiger partial charge in [-0.2, -0.15) is 0 Å². The summed E-state index contributed by atoms with van der Waals surface area (Å²) in [6.07, 6.45) is 0. The molecule has 0 fully saturated rings. The first-order chi connectivity index (χ1) is 9.70. The van der Waals surface area contributed by atoms with Crippen molar-refractivity contribution in [3.63, 3.8) is 0 Å². The average molecular weight is 305 g/mol. The highest BCUT2D eigenvalue weighted by Crippen LogP contribution is 2.24. The Kier molecular flexibility index (Phi) is 3.68. The molecule has 20 heavy (non-hydrogen) atoms. The van der Waals surface area contributed by atoms with Crippen molar-refractivity contribution >= 4 is 34.2 Å². The van der Waals surface area contributed by atoms with E-state index in [2.05, 4.69) is 28.6 Å². The number of aromatic nitrogens is 2. The van der Waals surface area contributed by atoms with E-state index in [0.29, 0.717) is 12.4 Å². The van der Waals surface area contributed by atoms with Crippen LogP contribution in [0.25, 0.3) is 11.0 Å². The molecule has 102 valence electrons. The van der Waals surface area contributed by atoms with Gasteiger partial charge < -0.3 is 4.57 Å². The molecule has 0 saturated carbocycles. The summed E-state index contributed by atoms with van der Waals surface area (Å²) in [7, 11) is 0. The lowest BCUT2D eigenvalue weighted by Crippen LogP contribution is -2.04. The van der Waals surface area contributed by atoms with E-state index in [-0.39, 0.29) is 0 Å². The summed E-state index contributed by atoms with van der Waals surface area (Å²) in [5, 5.41) is 0.766. The van der Waals surface area contributed by atoms with Crippen LogP contribution < -0.4 is 0 Å². The molecule has 0 aliphatic rings. The molecule has 1 aromatic heterocycles. The van der Waals surface area contributed by atoms with Crippen molar-refractivity contribution in [2.24, 2.45) is 0 Å². The van der Waals surface area contributed by atoms with Crippen LogP contribution in [0.2, 0.25) is 5.02 Å². The fraction of sp³-hybridized carbons (Fsp3) is 0.188. The van der Waals surface area contributed by atoms with Crippen LogP contribution in [-0.4, -0.2) is 9.55 Å². The molecule has 0 radical (unpaired) electrons. The van der Waals surface area contributed by atoms with Crippen molar-refractivity contribution in [3.8, 4) is 0 Å². The zero-order valence-electron chi connectivity index (χ0n) is 11.1. The summed E-state index contributed by atoms with van der Waals surface area (Å²) in [5.74, 6) is 1.26. The van der Waals surface area contributed by atoms with Gasteiger partial charge in [-0.3, -0.25) is 0 Å². The number of alkyl halides is 1. The Hall–Kier alpha value is -1.51. The van der Waals surface area contributed by atoms with Gasteiger partial charge in [-0.1, -0.05) is 41.9 Å². The van der Waals surface area contributed by atoms with Crippen molar-refractivity contribution in [2.75, 3.05) is 0 Å². The summed E-state index contributed by atoms with van der Waals surface area (Å²) in [5.41, 5.74) is 4.34. The number of halogens is 2. The van der Waals surface area contributed by atoms with Gasteiger partial charge in [0.25, 0.3) is 0 Å². The topological polar surface area (TPSA) is 17.8 Å². The van der Waals surface area contributed by atoms with Gasteiger partial charge in [-0.25, -0.2) is 4.98 Å². The van der Waals surface area contributed by atoms with Gasteiger partial charge in [0.2, 0.25) is 0 Å². The highest BCUT2D eigenvalue weighted by atomic mass is 35.5. The molecule has 0 saturated heterocycles. The van der Waals surface area contributed by atoms with Crippen LogP contribution in [0, 0.1) is 6.92 Å². The monoisotopic (exact) mass is 304 g/mol. The summed E-state index contributed by atoms with van der Waals surface area (Å²) in [4.78, 5) is 4.64. The first-order valence-electron chi connectivity index (χ1n) is 6.45. The van der Waals surface area contributed by atoms with E-state index in [1.54, 1.807) is 0 Å². The van der Waals surface area contributed by atoms with Crippen molar-refractivity contribution in [1.29, 1.82) is 0 Å². The number of benzene rings is 2. The Morgan fingerprint density at radius 3 is 2.65 bits per heavy atom. The second kappa shape index (κ2) is 5.47. The van der Waals surface area contributed by atoms with Gasteiger partial charge in [0.15, 0.2) is 0 Å². The normalized spacial score (nSPS) is 11.2. The molecule has 3 aromatic rings. The van der Waals surface area contributed by atoms with Crippen LogP contribution in [0.15, 0.2) is 42.5 Å². The van der Waals surface area contributed by atoms with E-state index < -0.39 is 0 Å². The van der Waals surface area contributed by atoms with Gasteiger partial charge in [0.1, 0.15) is 5.82 Å². The van der Waals surface area contributed by atoms with Gasteiger partial charge >= 0.3 is 0 Å². The number of hydrogen-bond acceptors (Lipinski definition) is 1. The maximum atomic E-state index is 6.25. The third-order valence-electron chi connectivity index (χ3n) is 3.47. The van der Waals surface area contributed by atoms with Gasteiger partial charge in [0.05, 0.1) is 23.5 Å². The Balaban J connectivity index is 2.15. The molecular weight excluding hydrogens is 291 g/mol. The third-order valence-corrected chi connectivity index (χ3v) is 4.07. The highest BCUT2D eigenvalue weighted by molar-refractivity contribution is 6.31. The number of hydrogen-bond donors (Lipinski definition) is 0. The van der Waals surface area contributed by atoms with Crippen LogP contribution >= 0.6 is 23.2 Å². The molecule has 0 unspecified atom stereocenters. The van der Waals surface area contributed by atoms with E-state index in [1.807, 2.05) is 30.3 Å². The Labute approximate surface area is 128 Å². The number of fused-ring (bicyclic) bond motifs is 1. The Morgan fingerprint density at radius 1 is 1.10 bits per heavy atom. The van der Waals surface area contributed by atoms with Gasteiger partial charge in [-0.15, -0.1) is 11.6 Å². The highest BCUT2D eigenvalue weighted by Gasteiger charge is 2.12. The molecule has 2 nitrogen and oxygen atoms in total. The van der Waals surface area contributed by atoms with E-state index in [4.69, 9.17) is 23.2 Å². The summed E-state index contributed by atoms with van der Waals surface area (Å²) < 4.78 is 2.14. The molecular formula is C16H14Cl2N2. The fourth-order valence-corrected chi connectivity index (χ4v) is 2.81. The maximum Gasteiger partial charge on any atom is 0.125 e.